The van der Waals surface area contributed by atoms with E-state index in [-0.39, 0.29) is 6.10 Å². The number of ether oxygens (including phenoxy) is 2. The summed E-state index contributed by atoms with van der Waals surface area (Å²) in [7, 11) is 0. The molecule has 3 aromatic rings. The van der Waals surface area contributed by atoms with E-state index in [1.165, 1.54) is 11.9 Å². The van der Waals surface area contributed by atoms with Gasteiger partial charge in [0.1, 0.15) is 24.3 Å². The van der Waals surface area contributed by atoms with E-state index in [0.717, 1.165) is 45.8 Å². The fraction of sp³-hybridized carbons (Fsp3) is 0.273. The summed E-state index contributed by atoms with van der Waals surface area (Å²) in [6.07, 6.45) is 5.38. The third-order valence-electron chi connectivity index (χ3n) is 5.12. The Labute approximate surface area is 189 Å². The summed E-state index contributed by atoms with van der Waals surface area (Å²) in [6, 6.07) is 16.0. The van der Waals surface area contributed by atoms with Crippen LogP contribution in [0.5, 0.6) is 5.75 Å². The topological polar surface area (TPSA) is 66.0 Å². The summed E-state index contributed by atoms with van der Waals surface area (Å²) in [6.45, 7) is 1.77. The van der Waals surface area contributed by atoms with Crippen LogP contribution in [-0.2, 0) is 4.74 Å². The number of anilines is 1. The largest absolute Gasteiger partial charge is 0.489 e. The average Bonchev–Trinajstić information content (AvgIpc) is 3.33. The van der Waals surface area contributed by atoms with Crippen molar-refractivity contribution in [1.29, 1.82) is 0 Å². The number of para-hydroxylation sites is 1. The zero-order chi connectivity index (χ0) is 21.0. The minimum absolute atomic E-state index is 0.107. The second-order valence-corrected chi connectivity index (χ2v) is 8.52. The number of aromatic amines is 1. The normalized spacial score (nSPS) is 16.5. The Morgan fingerprint density at radius 1 is 1.13 bits per heavy atom. The fourth-order valence-corrected chi connectivity index (χ4v) is 4.81. The minimum Gasteiger partial charge on any atom is -0.489 e. The first-order valence-corrected chi connectivity index (χ1v) is 11.3. The van der Waals surface area contributed by atoms with Gasteiger partial charge < -0.3 is 14.5 Å². The number of rotatable bonds is 6. The predicted molar refractivity (Wildman–Crippen MR) is 121 cm³/mol. The second-order valence-electron chi connectivity index (χ2n) is 7.18. The van der Waals surface area contributed by atoms with Crippen molar-refractivity contribution in [3.05, 3.63) is 71.5 Å². The molecule has 1 N–H and O–H groups in total. The van der Waals surface area contributed by atoms with Crippen LogP contribution in [0.2, 0.25) is 0 Å². The highest BCUT2D eigenvalue weighted by molar-refractivity contribution is 8.00. The van der Waals surface area contributed by atoms with Crippen molar-refractivity contribution in [3.8, 4) is 5.75 Å². The van der Waals surface area contributed by atoms with Gasteiger partial charge in [0.15, 0.2) is 5.16 Å². The van der Waals surface area contributed by atoms with Gasteiger partial charge in [0.25, 0.3) is 0 Å². The number of fused-ring (bicyclic) bond motifs is 1. The summed E-state index contributed by atoms with van der Waals surface area (Å²) in [5, 5.41) is 2.49. The molecule has 5 rings (SSSR count). The molecule has 0 aliphatic carbocycles. The van der Waals surface area contributed by atoms with E-state index in [9.17, 15) is 0 Å². The summed E-state index contributed by atoms with van der Waals surface area (Å²) >= 11 is 8.21. The van der Waals surface area contributed by atoms with Gasteiger partial charge >= 0.3 is 0 Å². The first-order chi connectivity index (χ1) is 15.3. The molecule has 0 spiro atoms. The Morgan fingerprint density at radius 2 is 1.97 bits per heavy atom. The van der Waals surface area contributed by atoms with Crippen molar-refractivity contribution in [2.24, 2.45) is 4.99 Å². The maximum absolute atomic E-state index is 6.75. The zero-order valence-corrected chi connectivity index (χ0v) is 18.4. The van der Waals surface area contributed by atoms with Gasteiger partial charge in [0, 0.05) is 49.0 Å². The molecule has 0 saturated carbocycles. The van der Waals surface area contributed by atoms with Crippen LogP contribution in [0.15, 0.2) is 71.1 Å². The summed E-state index contributed by atoms with van der Waals surface area (Å²) in [5.74, 6) is 1.57. The molecule has 2 aliphatic heterocycles. The van der Waals surface area contributed by atoms with Crippen molar-refractivity contribution in [2.75, 3.05) is 24.2 Å². The van der Waals surface area contributed by atoms with Gasteiger partial charge in [-0.25, -0.2) is 9.40 Å². The fourth-order valence-electron chi connectivity index (χ4n) is 3.64. The smallest absolute Gasteiger partial charge is 0.186 e. The quantitative estimate of drug-likeness (QED) is 0.454. The standard InChI is InChI=1S/C22H22ClN5O2S/c23-27-15-26-18-7-4-8-19(30-17-9-13-29-14-10-17)20(18)21(27)28(16-5-2-1-3-6-16)31-22-24-11-12-25-22/h1-8,11-12,17H,9-10,13-15H2,(H,24,25). The number of hydrogen-bond acceptors (Lipinski definition) is 7. The molecule has 7 nitrogen and oxygen atoms in total. The molecule has 1 fully saturated rings. The second kappa shape index (κ2) is 9.21. The van der Waals surface area contributed by atoms with Crippen molar-refractivity contribution in [1.82, 2.24) is 14.4 Å². The lowest BCUT2D eigenvalue weighted by atomic mass is 10.1. The van der Waals surface area contributed by atoms with Gasteiger partial charge in [0.2, 0.25) is 0 Å². The maximum Gasteiger partial charge on any atom is 0.186 e. The van der Waals surface area contributed by atoms with Crippen molar-refractivity contribution < 1.29 is 9.47 Å². The highest BCUT2D eigenvalue weighted by Crippen LogP contribution is 2.34. The number of nitrogens with zero attached hydrogens (tertiary/aromatic N) is 4. The summed E-state index contributed by atoms with van der Waals surface area (Å²) < 4.78 is 15.6. The van der Waals surface area contributed by atoms with E-state index in [1.54, 1.807) is 16.8 Å². The number of aromatic nitrogens is 2. The van der Waals surface area contributed by atoms with E-state index in [2.05, 4.69) is 19.3 Å². The van der Waals surface area contributed by atoms with Crippen molar-refractivity contribution in [3.63, 3.8) is 0 Å². The molecule has 2 aromatic carbocycles. The molecular weight excluding hydrogens is 434 g/mol. The van der Waals surface area contributed by atoms with Gasteiger partial charge in [-0.1, -0.05) is 24.3 Å². The number of benzene rings is 2. The molecule has 31 heavy (non-hydrogen) atoms. The molecule has 9 heteroatoms. The van der Waals surface area contributed by atoms with E-state index >= 15 is 0 Å². The number of halogens is 1. The van der Waals surface area contributed by atoms with Crippen LogP contribution in [0.3, 0.4) is 0 Å². The molecule has 0 unspecified atom stereocenters. The van der Waals surface area contributed by atoms with Crippen LogP contribution < -0.4 is 19.6 Å². The molecule has 0 amide bonds. The monoisotopic (exact) mass is 455 g/mol. The molecule has 1 saturated heterocycles. The molecule has 160 valence electrons. The van der Waals surface area contributed by atoms with Crippen molar-refractivity contribution >= 4 is 35.2 Å². The van der Waals surface area contributed by atoms with Crippen LogP contribution >= 0.6 is 23.7 Å². The van der Waals surface area contributed by atoms with Crippen LogP contribution in [0.1, 0.15) is 12.8 Å². The Morgan fingerprint density at radius 3 is 2.74 bits per heavy atom. The minimum atomic E-state index is 0.107. The number of nitrogens with one attached hydrogen (secondary N) is 1. The van der Waals surface area contributed by atoms with Crippen LogP contribution in [0, 0.1) is 0 Å². The van der Waals surface area contributed by atoms with Crippen LogP contribution in [-0.4, -0.2) is 40.4 Å². The Hall–Kier alpha value is -2.68. The molecule has 0 atom stereocenters. The predicted octanol–water partition coefficient (Wildman–Crippen LogP) is 3.29. The van der Waals surface area contributed by atoms with E-state index in [4.69, 9.17) is 21.3 Å². The lowest BCUT2D eigenvalue weighted by molar-refractivity contribution is 0.0251. The van der Waals surface area contributed by atoms with Gasteiger partial charge in [-0.2, -0.15) is 0 Å². The Balaban J connectivity index is 1.67. The summed E-state index contributed by atoms with van der Waals surface area (Å²) in [4.78, 5) is 12.2. The van der Waals surface area contributed by atoms with Crippen LogP contribution in [0.25, 0.3) is 5.82 Å². The van der Waals surface area contributed by atoms with E-state index in [1.807, 2.05) is 48.5 Å². The molecule has 2 aliphatic rings. The lowest BCUT2D eigenvalue weighted by Gasteiger charge is -2.32. The van der Waals surface area contributed by atoms with Gasteiger partial charge in [-0.3, -0.25) is 9.30 Å². The number of H-pyrrole nitrogens is 1. The first-order valence-electron chi connectivity index (χ1n) is 10.2. The molecule has 3 heterocycles. The first kappa shape index (κ1) is 20.2. The highest BCUT2D eigenvalue weighted by Gasteiger charge is 2.26. The van der Waals surface area contributed by atoms with E-state index in [0.29, 0.717) is 19.9 Å². The number of imidazole rings is 1. The molecule has 1 aromatic heterocycles. The molecule has 0 bridgehead atoms. The molecule has 0 radical (unpaired) electrons. The van der Waals surface area contributed by atoms with Crippen molar-refractivity contribution in [2.45, 2.75) is 24.1 Å². The SMILES string of the molecule is ClN1CN=c2cccc(OC3CCOCC3)c2=C1N(Sc1ncc[nH]1)c1ccccc1. The van der Waals surface area contributed by atoms with E-state index < -0.39 is 0 Å². The van der Waals surface area contributed by atoms with Gasteiger partial charge in [0.05, 0.1) is 29.5 Å². The molecular formula is C22H22ClN5O2S. The maximum atomic E-state index is 6.75. The Kier molecular flexibility index (Phi) is 6.01. The summed E-state index contributed by atoms with van der Waals surface area (Å²) in [5.41, 5.74) is 0.971. The highest BCUT2D eigenvalue weighted by atomic mass is 35.5. The third-order valence-corrected chi connectivity index (χ3v) is 6.35. The van der Waals surface area contributed by atoms with Crippen LogP contribution in [0.4, 0.5) is 5.69 Å². The Bertz CT molecular complexity index is 1140. The lowest BCUT2D eigenvalue weighted by Crippen LogP contribution is -2.43. The van der Waals surface area contributed by atoms with Gasteiger partial charge in [-0.15, -0.1) is 0 Å². The number of hydrogen-bond donors (Lipinski definition) is 1. The average molecular weight is 456 g/mol. The van der Waals surface area contributed by atoms with Gasteiger partial charge in [-0.05, 0) is 24.3 Å². The third kappa shape index (κ3) is 4.37. The zero-order valence-electron chi connectivity index (χ0n) is 16.8.